The van der Waals surface area contributed by atoms with Crippen LogP contribution < -0.4 is 5.32 Å². The lowest BCUT2D eigenvalue weighted by atomic mass is 9.95. The van der Waals surface area contributed by atoms with Crippen molar-refractivity contribution in [1.82, 2.24) is 0 Å². The number of aryl methyl sites for hydroxylation is 2. The van der Waals surface area contributed by atoms with Crippen LogP contribution in [0.3, 0.4) is 0 Å². The van der Waals surface area contributed by atoms with Crippen LogP contribution in [0.25, 0.3) is 31.3 Å². The molecule has 1 nitrogen and oxygen atoms in total. The van der Waals surface area contributed by atoms with Crippen molar-refractivity contribution in [1.29, 1.82) is 0 Å². The van der Waals surface area contributed by atoms with Gasteiger partial charge in [-0.05, 0) is 60.9 Å². The molecule has 0 aliphatic rings. The SMILES string of the molecule is Cc1ccccc1-c1c(C)cccc1Nc1ccc2sc3ccccc3c2c1. The predicted octanol–water partition coefficient (Wildman–Crippen LogP) is 8.08. The van der Waals surface area contributed by atoms with Crippen LogP contribution >= 0.6 is 11.3 Å². The minimum atomic E-state index is 1.12. The number of thiophene rings is 1. The molecular weight excluding hydrogens is 358 g/mol. The van der Waals surface area contributed by atoms with Gasteiger partial charge in [0.15, 0.2) is 0 Å². The molecule has 1 aromatic heterocycles. The number of hydrogen-bond donors (Lipinski definition) is 1. The lowest BCUT2D eigenvalue weighted by molar-refractivity contribution is 1.40. The zero-order chi connectivity index (χ0) is 19.1. The fourth-order valence-corrected chi connectivity index (χ4v) is 5.03. The van der Waals surface area contributed by atoms with Crippen LogP contribution in [-0.4, -0.2) is 0 Å². The Kier molecular flexibility index (Phi) is 4.14. The van der Waals surface area contributed by atoms with Crippen molar-refractivity contribution in [2.45, 2.75) is 13.8 Å². The molecule has 0 aliphatic carbocycles. The van der Waals surface area contributed by atoms with Gasteiger partial charge in [0.2, 0.25) is 0 Å². The molecule has 0 bridgehead atoms. The molecule has 4 aromatic carbocycles. The van der Waals surface area contributed by atoms with Crippen molar-refractivity contribution in [2.75, 3.05) is 5.32 Å². The van der Waals surface area contributed by atoms with Gasteiger partial charge in [-0.1, -0.05) is 54.6 Å². The summed E-state index contributed by atoms with van der Waals surface area (Å²) in [6.07, 6.45) is 0. The summed E-state index contributed by atoms with van der Waals surface area (Å²) >= 11 is 1.85. The van der Waals surface area contributed by atoms with Gasteiger partial charge in [0.25, 0.3) is 0 Å². The monoisotopic (exact) mass is 379 g/mol. The molecule has 0 spiro atoms. The van der Waals surface area contributed by atoms with Crippen LogP contribution in [0.1, 0.15) is 11.1 Å². The summed E-state index contributed by atoms with van der Waals surface area (Å²) in [5, 5.41) is 6.33. The molecule has 0 fully saturated rings. The van der Waals surface area contributed by atoms with Crippen LogP contribution in [0.15, 0.2) is 84.9 Å². The molecule has 136 valence electrons. The lowest BCUT2D eigenvalue weighted by Gasteiger charge is -2.17. The molecule has 5 rings (SSSR count). The van der Waals surface area contributed by atoms with Crippen LogP contribution in [0.2, 0.25) is 0 Å². The Morgan fingerprint density at radius 2 is 1.39 bits per heavy atom. The van der Waals surface area contributed by atoms with Crippen LogP contribution in [-0.2, 0) is 0 Å². The molecule has 28 heavy (non-hydrogen) atoms. The number of benzene rings is 4. The average molecular weight is 380 g/mol. The number of nitrogens with one attached hydrogen (secondary N) is 1. The van der Waals surface area contributed by atoms with E-state index in [0.29, 0.717) is 0 Å². The first kappa shape index (κ1) is 17.0. The van der Waals surface area contributed by atoms with Crippen molar-refractivity contribution >= 4 is 42.9 Å². The fraction of sp³-hybridized carbons (Fsp3) is 0.0769. The number of anilines is 2. The second kappa shape index (κ2) is 6.81. The summed E-state index contributed by atoms with van der Waals surface area (Å²) in [6, 6.07) is 30.4. The molecule has 0 saturated carbocycles. The summed E-state index contributed by atoms with van der Waals surface area (Å²) in [4.78, 5) is 0. The summed E-state index contributed by atoms with van der Waals surface area (Å²) in [7, 11) is 0. The van der Waals surface area contributed by atoms with Gasteiger partial charge in [-0.15, -0.1) is 11.3 Å². The zero-order valence-electron chi connectivity index (χ0n) is 16.0. The van der Waals surface area contributed by atoms with E-state index < -0.39 is 0 Å². The minimum absolute atomic E-state index is 1.12. The first-order chi connectivity index (χ1) is 13.7. The van der Waals surface area contributed by atoms with Gasteiger partial charge in [0.05, 0.1) is 0 Å². The van der Waals surface area contributed by atoms with Crippen LogP contribution in [0, 0.1) is 13.8 Å². The van der Waals surface area contributed by atoms with E-state index in [1.165, 1.54) is 42.4 Å². The van der Waals surface area contributed by atoms with E-state index in [0.717, 1.165) is 11.4 Å². The second-order valence-corrected chi connectivity index (χ2v) is 8.33. The highest BCUT2D eigenvalue weighted by atomic mass is 32.1. The molecular formula is C26H21NS. The van der Waals surface area contributed by atoms with E-state index in [1.807, 2.05) is 11.3 Å². The zero-order valence-corrected chi connectivity index (χ0v) is 16.8. The van der Waals surface area contributed by atoms with Crippen LogP contribution in [0.4, 0.5) is 11.4 Å². The largest absolute Gasteiger partial charge is 0.355 e. The van der Waals surface area contributed by atoms with Gasteiger partial charge in [-0.2, -0.15) is 0 Å². The normalized spacial score (nSPS) is 11.2. The maximum absolute atomic E-state index is 3.69. The first-order valence-electron chi connectivity index (χ1n) is 9.54. The third-order valence-corrected chi connectivity index (χ3v) is 6.49. The summed E-state index contributed by atoms with van der Waals surface area (Å²) in [5.41, 5.74) is 7.39. The molecule has 0 unspecified atom stereocenters. The Hall–Kier alpha value is -3.10. The quantitative estimate of drug-likeness (QED) is 0.334. The minimum Gasteiger partial charge on any atom is -0.355 e. The van der Waals surface area contributed by atoms with Gasteiger partial charge in [0.1, 0.15) is 0 Å². The Bertz CT molecular complexity index is 1310. The van der Waals surface area contributed by atoms with Crippen molar-refractivity contribution in [3.05, 3.63) is 96.1 Å². The van der Waals surface area contributed by atoms with E-state index in [1.54, 1.807) is 0 Å². The summed E-state index contributed by atoms with van der Waals surface area (Å²) < 4.78 is 2.67. The van der Waals surface area contributed by atoms with E-state index in [4.69, 9.17) is 0 Å². The number of rotatable bonds is 3. The van der Waals surface area contributed by atoms with Crippen molar-refractivity contribution in [2.24, 2.45) is 0 Å². The smallest absolute Gasteiger partial charge is 0.0466 e. The highest BCUT2D eigenvalue weighted by Gasteiger charge is 2.11. The first-order valence-corrected chi connectivity index (χ1v) is 10.4. The Morgan fingerprint density at radius 3 is 2.29 bits per heavy atom. The van der Waals surface area contributed by atoms with Gasteiger partial charge in [-0.3, -0.25) is 0 Å². The predicted molar refractivity (Wildman–Crippen MR) is 124 cm³/mol. The van der Waals surface area contributed by atoms with Crippen LogP contribution in [0.5, 0.6) is 0 Å². The third-order valence-electron chi connectivity index (χ3n) is 5.34. The maximum Gasteiger partial charge on any atom is 0.0466 e. The molecule has 0 saturated heterocycles. The average Bonchev–Trinajstić information content (AvgIpc) is 3.07. The molecule has 1 N–H and O–H groups in total. The highest BCUT2D eigenvalue weighted by Crippen LogP contribution is 2.38. The molecule has 5 aromatic rings. The molecule has 0 aliphatic heterocycles. The summed E-state index contributed by atoms with van der Waals surface area (Å²) in [6.45, 7) is 4.36. The molecule has 1 heterocycles. The standard InChI is InChI=1S/C26H21NS/c1-17-8-3-4-10-20(17)26-18(2)9-7-12-23(26)27-19-14-15-25-22(16-19)21-11-5-6-13-24(21)28-25/h3-16,27H,1-2H3. The van der Waals surface area contributed by atoms with Gasteiger partial charge < -0.3 is 5.32 Å². The Morgan fingerprint density at radius 1 is 0.643 bits per heavy atom. The van der Waals surface area contributed by atoms with Crippen molar-refractivity contribution in [3.63, 3.8) is 0 Å². The molecule has 0 atom stereocenters. The summed E-state index contributed by atoms with van der Waals surface area (Å²) in [5.74, 6) is 0. The third kappa shape index (κ3) is 2.87. The van der Waals surface area contributed by atoms with Gasteiger partial charge >= 0.3 is 0 Å². The topological polar surface area (TPSA) is 12.0 Å². The number of hydrogen-bond acceptors (Lipinski definition) is 2. The fourth-order valence-electron chi connectivity index (χ4n) is 3.94. The van der Waals surface area contributed by atoms with E-state index in [2.05, 4.69) is 104 Å². The molecule has 0 radical (unpaired) electrons. The maximum atomic E-state index is 3.69. The van der Waals surface area contributed by atoms with Gasteiger partial charge in [0, 0.05) is 37.1 Å². The number of fused-ring (bicyclic) bond motifs is 3. The lowest BCUT2D eigenvalue weighted by Crippen LogP contribution is -1.96. The Labute approximate surface area is 169 Å². The molecule has 0 amide bonds. The van der Waals surface area contributed by atoms with Crippen molar-refractivity contribution < 1.29 is 0 Å². The van der Waals surface area contributed by atoms with E-state index in [9.17, 15) is 0 Å². The van der Waals surface area contributed by atoms with E-state index in [-0.39, 0.29) is 0 Å². The van der Waals surface area contributed by atoms with Crippen molar-refractivity contribution in [3.8, 4) is 11.1 Å². The van der Waals surface area contributed by atoms with E-state index >= 15 is 0 Å². The molecule has 2 heteroatoms. The second-order valence-electron chi connectivity index (χ2n) is 7.25. The Balaban J connectivity index is 1.63. The highest BCUT2D eigenvalue weighted by molar-refractivity contribution is 7.25. The van der Waals surface area contributed by atoms with Gasteiger partial charge in [-0.25, -0.2) is 0 Å².